The van der Waals surface area contributed by atoms with Crippen LogP contribution in [0.5, 0.6) is 0 Å². The molecule has 68 valence electrons. The van der Waals surface area contributed by atoms with Crippen LogP contribution in [0.1, 0.15) is 26.7 Å². The van der Waals surface area contributed by atoms with Gasteiger partial charge < -0.3 is 9.47 Å². The SMILES string of the molecule is C[C@@H]1C[C@@H](C)[C@@H]2CC(=O)O[C@H]1O2. The smallest absolute Gasteiger partial charge is 0.310 e. The van der Waals surface area contributed by atoms with E-state index in [-0.39, 0.29) is 18.4 Å². The van der Waals surface area contributed by atoms with Gasteiger partial charge in [-0.1, -0.05) is 13.8 Å². The van der Waals surface area contributed by atoms with Gasteiger partial charge in [0.15, 0.2) is 0 Å². The monoisotopic (exact) mass is 170 g/mol. The van der Waals surface area contributed by atoms with Gasteiger partial charge in [-0.05, 0) is 12.3 Å². The summed E-state index contributed by atoms with van der Waals surface area (Å²) in [6, 6.07) is 0. The summed E-state index contributed by atoms with van der Waals surface area (Å²) in [5.41, 5.74) is 0. The molecule has 0 aromatic carbocycles. The molecule has 0 aromatic heterocycles. The maximum Gasteiger partial charge on any atom is 0.310 e. The Morgan fingerprint density at radius 1 is 1.33 bits per heavy atom. The van der Waals surface area contributed by atoms with E-state index in [4.69, 9.17) is 9.47 Å². The molecule has 12 heavy (non-hydrogen) atoms. The Balaban J connectivity index is 2.12. The third-order valence-corrected chi connectivity index (χ3v) is 2.77. The van der Waals surface area contributed by atoms with Gasteiger partial charge in [-0.3, -0.25) is 4.79 Å². The van der Waals surface area contributed by atoms with Crippen LogP contribution in [-0.2, 0) is 14.3 Å². The number of fused-ring (bicyclic) bond motifs is 2. The van der Waals surface area contributed by atoms with Crippen molar-refractivity contribution in [3.8, 4) is 0 Å². The van der Waals surface area contributed by atoms with Crippen molar-refractivity contribution < 1.29 is 14.3 Å². The second-order valence-electron chi connectivity index (χ2n) is 3.93. The van der Waals surface area contributed by atoms with Crippen molar-refractivity contribution in [2.45, 2.75) is 39.1 Å². The minimum Gasteiger partial charge on any atom is -0.435 e. The Bertz CT molecular complexity index is 184. The van der Waals surface area contributed by atoms with Crippen LogP contribution in [0, 0.1) is 11.8 Å². The van der Waals surface area contributed by atoms with Crippen LogP contribution in [0.3, 0.4) is 0 Å². The number of carbonyl (C=O) groups is 1. The minimum atomic E-state index is -0.271. The zero-order valence-electron chi connectivity index (χ0n) is 7.45. The standard InChI is InChI=1S/C9H14O3/c1-5-3-6(2)9-11-7(5)4-8(10)12-9/h5-7,9H,3-4H2,1-2H3/t5-,6-,7+,9-/m1/s1. The number of carbonyl (C=O) groups excluding carboxylic acids is 1. The van der Waals surface area contributed by atoms with E-state index in [9.17, 15) is 4.79 Å². The van der Waals surface area contributed by atoms with E-state index in [0.717, 1.165) is 6.42 Å². The Hall–Kier alpha value is -0.570. The molecule has 2 aliphatic rings. The van der Waals surface area contributed by atoms with Gasteiger partial charge in [-0.2, -0.15) is 0 Å². The molecule has 2 heterocycles. The molecule has 0 radical (unpaired) electrons. The summed E-state index contributed by atoms with van der Waals surface area (Å²) in [7, 11) is 0. The number of hydrogen-bond acceptors (Lipinski definition) is 3. The Labute approximate surface area is 72.0 Å². The number of esters is 1. The van der Waals surface area contributed by atoms with E-state index in [1.807, 2.05) is 0 Å². The fourth-order valence-corrected chi connectivity index (χ4v) is 2.03. The van der Waals surface area contributed by atoms with Crippen LogP contribution < -0.4 is 0 Å². The normalized spacial score (nSPS) is 47.0. The molecule has 0 amide bonds. The van der Waals surface area contributed by atoms with Gasteiger partial charge in [0.05, 0.1) is 12.5 Å². The van der Waals surface area contributed by atoms with Crippen molar-refractivity contribution in [3.05, 3.63) is 0 Å². The molecule has 0 unspecified atom stereocenters. The van der Waals surface area contributed by atoms with E-state index < -0.39 is 0 Å². The molecule has 2 rings (SSSR count). The number of rotatable bonds is 0. The summed E-state index contributed by atoms with van der Waals surface area (Å²) >= 11 is 0. The lowest BCUT2D eigenvalue weighted by Crippen LogP contribution is -2.47. The van der Waals surface area contributed by atoms with Crippen molar-refractivity contribution in [2.24, 2.45) is 11.8 Å². The Kier molecular flexibility index (Phi) is 1.83. The predicted molar refractivity (Wildman–Crippen MR) is 42.3 cm³/mol. The molecule has 3 nitrogen and oxygen atoms in total. The van der Waals surface area contributed by atoms with Crippen molar-refractivity contribution in [2.75, 3.05) is 0 Å². The summed E-state index contributed by atoms with van der Waals surface area (Å²) in [6.07, 6.45) is 1.37. The number of ether oxygens (including phenoxy) is 2. The van der Waals surface area contributed by atoms with Gasteiger partial charge in [-0.25, -0.2) is 0 Å². The fourth-order valence-electron chi connectivity index (χ4n) is 2.03. The highest BCUT2D eigenvalue weighted by Gasteiger charge is 2.40. The molecule has 2 saturated heterocycles. The summed E-state index contributed by atoms with van der Waals surface area (Å²) in [4.78, 5) is 11.1. The van der Waals surface area contributed by atoms with E-state index in [1.165, 1.54) is 0 Å². The van der Waals surface area contributed by atoms with E-state index in [0.29, 0.717) is 18.3 Å². The molecule has 0 saturated carbocycles. The second-order valence-corrected chi connectivity index (χ2v) is 3.93. The lowest BCUT2D eigenvalue weighted by molar-refractivity contribution is -0.255. The molecule has 3 heteroatoms. The van der Waals surface area contributed by atoms with Crippen LogP contribution in [0.4, 0.5) is 0 Å². The van der Waals surface area contributed by atoms with Crippen LogP contribution in [-0.4, -0.2) is 18.4 Å². The summed E-state index contributed by atoms with van der Waals surface area (Å²) < 4.78 is 10.6. The van der Waals surface area contributed by atoms with Gasteiger partial charge in [0.25, 0.3) is 0 Å². The van der Waals surface area contributed by atoms with E-state index >= 15 is 0 Å². The quantitative estimate of drug-likeness (QED) is 0.514. The van der Waals surface area contributed by atoms with Gasteiger partial charge in [-0.15, -0.1) is 0 Å². The predicted octanol–water partition coefficient (Wildman–Crippen LogP) is 1.32. The third kappa shape index (κ3) is 1.22. The Morgan fingerprint density at radius 2 is 2.08 bits per heavy atom. The molecule has 0 spiro atoms. The van der Waals surface area contributed by atoms with Gasteiger partial charge >= 0.3 is 5.97 Å². The molecule has 2 aliphatic heterocycles. The molecule has 0 aliphatic carbocycles. The maximum absolute atomic E-state index is 11.1. The van der Waals surface area contributed by atoms with Crippen LogP contribution in [0.25, 0.3) is 0 Å². The van der Waals surface area contributed by atoms with Crippen LogP contribution in [0.2, 0.25) is 0 Å². The molecular formula is C9H14O3. The summed E-state index contributed by atoms with van der Waals surface area (Å²) in [5.74, 6) is 0.735. The first-order chi connectivity index (χ1) is 5.66. The van der Waals surface area contributed by atoms with E-state index in [1.54, 1.807) is 0 Å². The fraction of sp³-hybridized carbons (Fsp3) is 0.889. The van der Waals surface area contributed by atoms with Crippen molar-refractivity contribution >= 4 is 5.97 Å². The zero-order valence-corrected chi connectivity index (χ0v) is 7.45. The average molecular weight is 170 g/mol. The highest BCUT2D eigenvalue weighted by atomic mass is 16.7. The van der Waals surface area contributed by atoms with Crippen LogP contribution >= 0.6 is 0 Å². The molecular weight excluding hydrogens is 156 g/mol. The zero-order chi connectivity index (χ0) is 8.72. The van der Waals surface area contributed by atoms with Crippen LogP contribution in [0.15, 0.2) is 0 Å². The van der Waals surface area contributed by atoms with E-state index in [2.05, 4.69) is 13.8 Å². The molecule has 2 bridgehead atoms. The molecule has 0 N–H and O–H groups in total. The van der Waals surface area contributed by atoms with Crippen molar-refractivity contribution in [1.82, 2.24) is 0 Å². The molecule has 4 atom stereocenters. The summed E-state index contributed by atoms with van der Waals surface area (Å²) in [6.45, 7) is 4.20. The highest BCUT2D eigenvalue weighted by molar-refractivity contribution is 5.70. The highest BCUT2D eigenvalue weighted by Crippen LogP contribution is 2.35. The maximum atomic E-state index is 11.1. The third-order valence-electron chi connectivity index (χ3n) is 2.77. The first kappa shape index (κ1) is 8.05. The molecule has 2 fully saturated rings. The largest absolute Gasteiger partial charge is 0.435 e. The number of hydrogen-bond donors (Lipinski definition) is 0. The van der Waals surface area contributed by atoms with Gasteiger partial charge in [0.1, 0.15) is 0 Å². The summed E-state index contributed by atoms with van der Waals surface area (Å²) in [5, 5.41) is 0. The van der Waals surface area contributed by atoms with Gasteiger partial charge in [0.2, 0.25) is 6.29 Å². The Morgan fingerprint density at radius 3 is 2.83 bits per heavy atom. The first-order valence-electron chi connectivity index (χ1n) is 4.52. The topological polar surface area (TPSA) is 35.5 Å². The second kappa shape index (κ2) is 2.73. The average Bonchev–Trinajstić information content (AvgIpc) is 2.01. The lowest BCUT2D eigenvalue weighted by Gasteiger charge is -2.41. The van der Waals surface area contributed by atoms with Crippen molar-refractivity contribution in [1.29, 1.82) is 0 Å². The van der Waals surface area contributed by atoms with Crippen molar-refractivity contribution in [3.63, 3.8) is 0 Å². The molecule has 0 aromatic rings. The lowest BCUT2D eigenvalue weighted by atomic mass is 9.86. The first-order valence-corrected chi connectivity index (χ1v) is 4.52. The van der Waals surface area contributed by atoms with Gasteiger partial charge in [0, 0.05) is 5.92 Å². The minimum absolute atomic E-state index is 0.102.